The van der Waals surface area contributed by atoms with E-state index in [0.717, 1.165) is 11.3 Å². The number of thioether (sulfide) groups is 1. The van der Waals surface area contributed by atoms with Crippen LogP contribution in [-0.2, 0) is 21.9 Å². The van der Waals surface area contributed by atoms with Gasteiger partial charge in [0, 0.05) is 23.4 Å². The van der Waals surface area contributed by atoms with Gasteiger partial charge in [-0.2, -0.15) is 0 Å². The lowest BCUT2D eigenvalue weighted by molar-refractivity contribution is -0.139. The molecule has 0 bridgehead atoms. The van der Waals surface area contributed by atoms with Gasteiger partial charge < -0.3 is 10.2 Å². The van der Waals surface area contributed by atoms with Crippen molar-refractivity contribution in [2.45, 2.75) is 58.5 Å². The molecule has 0 aliphatic heterocycles. The van der Waals surface area contributed by atoms with Gasteiger partial charge in [-0.25, -0.2) is 0 Å². The van der Waals surface area contributed by atoms with Gasteiger partial charge in [0.25, 0.3) is 0 Å². The number of hydrogen-bond donors (Lipinski definition) is 1. The van der Waals surface area contributed by atoms with Gasteiger partial charge >= 0.3 is 0 Å². The number of carbonyl (C=O) groups is 2. The summed E-state index contributed by atoms with van der Waals surface area (Å²) in [6.07, 6.45) is 0.539. The normalized spacial score (nSPS) is 11.9. The van der Waals surface area contributed by atoms with Gasteiger partial charge in [-0.05, 0) is 44.4 Å². The van der Waals surface area contributed by atoms with Crippen molar-refractivity contribution in [2.24, 2.45) is 0 Å². The third-order valence-electron chi connectivity index (χ3n) is 4.69. The Morgan fingerprint density at radius 1 is 1.13 bits per heavy atom. The van der Waals surface area contributed by atoms with E-state index in [1.54, 1.807) is 22.7 Å². The minimum absolute atomic E-state index is 0.0134. The maximum atomic E-state index is 13.2. The summed E-state index contributed by atoms with van der Waals surface area (Å²) in [5.41, 5.74) is 3.23. The molecule has 30 heavy (non-hydrogen) atoms. The Morgan fingerprint density at radius 3 is 2.50 bits per heavy atom. The van der Waals surface area contributed by atoms with Gasteiger partial charge in [0.2, 0.25) is 11.8 Å². The fraction of sp³-hybridized carbons (Fsp3) is 0.417. The molecule has 0 saturated carbocycles. The molecule has 0 heterocycles. The van der Waals surface area contributed by atoms with Crippen molar-refractivity contribution in [2.75, 3.05) is 5.75 Å². The van der Waals surface area contributed by atoms with Crippen LogP contribution >= 0.6 is 23.4 Å². The molecule has 162 valence electrons. The molecule has 0 aromatic heterocycles. The number of nitrogens with one attached hydrogen (secondary N) is 1. The average Bonchev–Trinajstić information content (AvgIpc) is 2.68. The second-order valence-electron chi connectivity index (χ2n) is 7.68. The molecular formula is C24H31ClN2O2S. The monoisotopic (exact) mass is 446 g/mol. The predicted molar refractivity (Wildman–Crippen MR) is 127 cm³/mol. The van der Waals surface area contributed by atoms with E-state index in [-0.39, 0.29) is 17.9 Å². The van der Waals surface area contributed by atoms with Crippen molar-refractivity contribution in [1.82, 2.24) is 10.2 Å². The minimum Gasteiger partial charge on any atom is -0.352 e. The number of benzene rings is 2. The summed E-state index contributed by atoms with van der Waals surface area (Å²) in [5, 5.41) is 3.54. The van der Waals surface area contributed by atoms with E-state index in [1.807, 2.05) is 45.0 Å². The summed E-state index contributed by atoms with van der Waals surface area (Å²) >= 11 is 7.90. The highest BCUT2D eigenvalue weighted by Crippen LogP contribution is 2.21. The van der Waals surface area contributed by atoms with E-state index in [9.17, 15) is 9.59 Å². The molecule has 4 nitrogen and oxygen atoms in total. The van der Waals surface area contributed by atoms with Gasteiger partial charge in [0.05, 0.1) is 5.75 Å². The Hall–Kier alpha value is -1.98. The van der Waals surface area contributed by atoms with Crippen LogP contribution in [0.2, 0.25) is 5.02 Å². The van der Waals surface area contributed by atoms with E-state index in [0.29, 0.717) is 23.7 Å². The largest absolute Gasteiger partial charge is 0.352 e. The second-order valence-corrected chi connectivity index (χ2v) is 9.08. The van der Waals surface area contributed by atoms with Crippen molar-refractivity contribution in [3.05, 3.63) is 70.2 Å². The molecule has 0 radical (unpaired) electrons. The van der Waals surface area contributed by atoms with Gasteiger partial charge in [-0.3, -0.25) is 9.59 Å². The Kier molecular flexibility index (Phi) is 9.73. The van der Waals surface area contributed by atoms with Gasteiger partial charge in [-0.15, -0.1) is 11.8 Å². The predicted octanol–water partition coefficient (Wildman–Crippen LogP) is 5.21. The van der Waals surface area contributed by atoms with Crippen molar-refractivity contribution in [3.8, 4) is 0 Å². The maximum absolute atomic E-state index is 13.2. The quantitative estimate of drug-likeness (QED) is 0.544. The summed E-state index contributed by atoms with van der Waals surface area (Å²) < 4.78 is 0. The Morgan fingerprint density at radius 2 is 1.87 bits per heavy atom. The van der Waals surface area contributed by atoms with E-state index in [4.69, 9.17) is 11.6 Å². The van der Waals surface area contributed by atoms with E-state index in [1.165, 1.54) is 11.1 Å². The third-order valence-corrected chi connectivity index (χ3v) is 6.05. The van der Waals surface area contributed by atoms with Crippen LogP contribution in [0.25, 0.3) is 0 Å². The number of rotatable bonds is 10. The lowest BCUT2D eigenvalue weighted by atomic mass is 10.1. The first kappa shape index (κ1) is 24.3. The van der Waals surface area contributed by atoms with Gasteiger partial charge in [0.15, 0.2) is 0 Å². The van der Waals surface area contributed by atoms with Crippen LogP contribution in [0.3, 0.4) is 0 Å². The fourth-order valence-corrected chi connectivity index (χ4v) is 4.30. The number of hydrogen-bond acceptors (Lipinski definition) is 3. The van der Waals surface area contributed by atoms with E-state index in [2.05, 4.69) is 30.4 Å². The number of amides is 2. The summed E-state index contributed by atoms with van der Waals surface area (Å²) in [5.74, 6) is 0.876. The van der Waals surface area contributed by atoms with Crippen LogP contribution in [0.4, 0.5) is 0 Å². The third kappa shape index (κ3) is 7.37. The standard InChI is InChI=1S/C24H31ClN2O2S/c1-5-22(24(29)26-17(2)3)27(14-20-11-6-7-12-21(20)25)23(28)16-30-15-19-10-8-9-18(4)13-19/h6-13,17,22H,5,14-16H2,1-4H3,(H,26,29). The second kappa shape index (κ2) is 12.0. The molecule has 2 aromatic rings. The topological polar surface area (TPSA) is 49.4 Å². The number of carbonyl (C=O) groups excluding carboxylic acids is 2. The Labute approximate surface area is 189 Å². The highest BCUT2D eigenvalue weighted by Gasteiger charge is 2.29. The molecule has 0 fully saturated rings. The Bertz CT molecular complexity index is 857. The summed E-state index contributed by atoms with van der Waals surface area (Å²) in [6, 6.07) is 15.2. The van der Waals surface area contributed by atoms with Crippen molar-refractivity contribution < 1.29 is 9.59 Å². The highest BCUT2D eigenvalue weighted by atomic mass is 35.5. The van der Waals surface area contributed by atoms with Crippen LogP contribution in [-0.4, -0.2) is 34.6 Å². The Balaban J connectivity index is 2.15. The van der Waals surface area contributed by atoms with Crippen LogP contribution in [0.5, 0.6) is 0 Å². The van der Waals surface area contributed by atoms with E-state index >= 15 is 0 Å². The molecule has 2 rings (SSSR count). The van der Waals surface area contributed by atoms with Crippen molar-refractivity contribution in [3.63, 3.8) is 0 Å². The minimum atomic E-state index is -0.532. The highest BCUT2D eigenvalue weighted by molar-refractivity contribution is 7.99. The first-order chi connectivity index (χ1) is 14.3. The summed E-state index contributed by atoms with van der Waals surface area (Å²) in [4.78, 5) is 27.7. The molecule has 0 aliphatic rings. The summed E-state index contributed by atoms with van der Waals surface area (Å²) in [6.45, 7) is 8.14. The lowest BCUT2D eigenvalue weighted by Gasteiger charge is -2.31. The first-order valence-electron chi connectivity index (χ1n) is 10.3. The molecule has 1 atom stereocenters. The van der Waals surface area contributed by atoms with Crippen molar-refractivity contribution >= 4 is 35.2 Å². The number of nitrogens with zero attached hydrogens (tertiary/aromatic N) is 1. The molecule has 1 N–H and O–H groups in total. The number of halogens is 1. The van der Waals surface area contributed by atoms with Crippen molar-refractivity contribution in [1.29, 1.82) is 0 Å². The van der Waals surface area contributed by atoms with Crippen LogP contribution in [0.15, 0.2) is 48.5 Å². The lowest BCUT2D eigenvalue weighted by Crippen LogP contribution is -2.51. The molecule has 1 unspecified atom stereocenters. The zero-order valence-electron chi connectivity index (χ0n) is 18.2. The van der Waals surface area contributed by atoms with Crippen LogP contribution in [0.1, 0.15) is 43.9 Å². The average molecular weight is 447 g/mol. The zero-order valence-corrected chi connectivity index (χ0v) is 19.7. The fourth-order valence-electron chi connectivity index (χ4n) is 3.25. The number of aryl methyl sites for hydroxylation is 1. The zero-order chi connectivity index (χ0) is 22.1. The summed E-state index contributed by atoms with van der Waals surface area (Å²) in [7, 11) is 0. The van der Waals surface area contributed by atoms with Crippen LogP contribution in [0, 0.1) is 6.92 Å². The molecule has 2 amide bonds. The van der Waals surface area contributed by atoms with Crippen LogP contribution < -0.4 is 5.32 Å². The SMILES string of the molecule is CCC(C(=O)NC(C)C)N(Cc1ccccc1Cl)C(=O)CSCc1cccc(C)c1. The molecular weight excluding hydrogens is 416 g/mol. The van der Waals surface area contributed by atoms with E-state index < -0.39 is 6.04 Å². The molecule has 2 aromatic carbocycles. The molecule has 0 spiro atoms. The smallest absolute Gasteiger partial charge is 0.243 e. The van der Waals surface area contributed by atoms with Gasteiger partial charge in [0.1, 0.15) is 6.04 Å². The molecule has 0 aliphatic carbocycles. The van der Waals surface area contributed by atoms with Gasteiger partial charge in [-0.1, -0.05) is 66.6 Å². The first-order valence-corrected chi connectivity index (χ1v) is 11.8. The molecule has 6 heteroatoms. The maximum Gasteiger partial charge on any atom is 0.243 e. The molecule has 0 saturated heterocycles.